The average Bonchev–Trinajstić information content (AvgIpc) is 1.71. The first-order valence-electron chi connectivity index (χ1n) is 50.3. The molecule has 22 rings (SSSR count). The number of methoxy groups -OCH3 is 1. The van der Waals surface area contributed by atoms with Crippen molar-refractivity contribution in [3.8, 4) is 5.75 Å². The first kappa shape index (κ1) is 102. The van der Waals surface area contributed by atoms with Crippen molar-refractivity contribution in [2.75, 3.05) is 85.8 Å². The molecule has 7 aromatic carbocycles. The summed E-state index contributed by atoms with van der Waals surface area (Å²) in [7, 11) is 1.43. The van der Waals surface area contributed by atoms with Crippen LogP contribution in [0.1, 0.15) is 201 Å². The molecule has 145 heavy (non-hydrogen) atoms. The molecule has 5 fully saturated rings. The van der Waals surface area contributed by atoms with Gasteiger partial charge in [-0.25, -0.2) is 24.0 Å². The summed E-state index contributed by atoms with van der Waals surface area (Å²) >= 11 is 37.9. The van der Waals surface area contributed by atoms with Crippen molar-refractivity contribution >= 4 is 128 Å². The van der Waals surface area contributed by atoms with Crippen molar-refractivity contribution in [2.45, 2.75) is 156 Å². The fourth-order valence-electron chi connectivity index (χ4n) is 21.4. The molecule has 5 saturated heterocycles. The molecular weight excluding hydrogens is 1940 g/mol. The number of fused-ring (bicyclic) bond motifs is 10. The lowest BCUT2D eigenvalue weighted by Crippen LogP contribution is -2.38. The van der Waals surface area contributed by atoms with Gasteiger partial charge in [0.15, 0.2) is 0 Å². The van der Waals surface area contributed by atoms with E-state index in [1.807, 2.05) is 159 Å². The fraction of sp³-hybridized carbons (Fsp3) is 0.311. The zero-order valence-corrected chi connectivity index (χ0v) is 86.6. The molecule has 0 saturated carbocycles. The minimum Gasteiger partial charge on any atom is -0.453 e. The Morgan fingerprint density at radius 3 is 0.917 bits per heavy atom. The Hall–Kier alpha value is -12.9. The van der Waals surface area contributed by atoms with E-state index in [-0.39, 0.29) is 30.5 Å². The number of carbonyl (C=O) groups excluding carboxylic acids is 5. The third kappa shape index (κ3) is 24.3. The van der Waals surface area contributed by atoms with Gasteiger partial charge in [0.25, 0.3) is 0 Å². The lowest BCUT2D eigenvalue weighted by atomic mass is 9.88. The van der Waals surface area contributed by atoms with Gasteiger partial charge in [0, 0.05) is 144 Å². The molecule has 20 nitrogen and oxygen atoms in total. The number of benzene rings is 7. The highest BCUT2D eigenvalue weighted by Crippen LogP contribution is 2.47. The van der Waals surface area contributed by atoms with E-state index in [4.69, 9.17) is 118 Å². The topological polar surface area (TPSA) is 212 Å². The summed E-state index contributed by atoms with van der Waals surface area (Å²) in [6.07, 6.45) is 25.8. The largest absolute Gasteiger partial charge is 0.453 e. The molecule has 5 aromatic heterocycles. The summed E-state index contributed by atoms with van der Waals surface area (Å²) in [5.41, 5.74) is 39.0. The molecule has 0 radical (unpaired) electrons. The Bertz CT molecular complexity index is 6940. The van der Waals surface area contributed by atoms with Crippen molar-refractivity contribution in [3.63, 3.8) is 0 Å². The molecule has 744 valence electrons. The number of rotatable bonds is 5. The van der Waals surface area contributed by atoms with Crippen LogP contribution in [-0.2, 0) is 89.8 Å². The van der Waals surface area contributed by atoms with Crippen LogP contribution in [0.25, 0.3) is 27.9 Å². The molecule has 0 unspecified atom stereocenters. The number of likely N-dealkylation sites (tertiary alicyclic amines) is 5. The highest BCUT2D eigenvalue weighted by Gasteiger charge is 2.36. The van der Waals surface area contributed by atoms with Gasteiger partial charge >= 0.3 is 30.5 Å². The normalized spacial score (nSPS) is 16.1. The van der Waals surface area contributed by atoms with Gasteiger partial charge < -0.3 is 48.2 Å². The quantitative estimate of drug-likeness (QED) is 0.147. The van der Waals surface area contributed by atoms with Gasteiger partial charge in [-0.2, -0.15) is 0 Å². The Morgan fingerprint density at radius 1 is 0.283 bits per heavy atom. The average molecular weight is 2060 g/mol. The van der Waals surface area contributed by atoms with Gasteiger partial charge in [-0.05, 0) is 341 Å². The van der Waals surface area contributed by atoms with Gasteiger partial charge in [-0.3, -0.25) is 24.9 Å². The summed E-state index contributed by atoms with van der Waals surface area (Å²) in [5, 5.41) is 4.22. The number of nitrogens with zero attached hydrogens (tertiary/aromatic N) is 10. The first-order valence-corrected chi connectivity index (χ1v) is 52.6. The van der Waals surface area contributed by atoms with Gasteiger partial charge in [-0.1, -0.05) is 201 Å². The van der Waals surface area contributed by atoms with E-state index >= 15 is 0 Å². The monoisotopic (exact) mass is 2050 g/mol. The number of hydrogen-bond donors (Lipinski definition) is 0. The van der Waals surface area contributed by atoms with Crippen molar-refractivity contribution in [3.05, 3.63) is 412 Å². The third-order valence-electron chi connectivity index (χ3n) is 28.7. The number of pyridine rings is 5. The SMILES string of the molecule is CCOC(=O)N1CCC(=C2c3cc(Cl)c(Cl)cc3CCc3cccnc32)CC1.CCOC(=O)N1CCC(=C2c3ccc(Cl)cc3CCc3cc(C)cnc32)CC1.COC(=O)N1CCC(=C2c3ccc(Cl)cc3CCc3cccnc32)CC1.O=C(OCc1ccccc1)N1CCC(=C2c3ccc(Cl)cc3CCc3cccnc32)CC1.O=C(Oc1ccccc1)N1CCC(=C2c3ccc(Cl)cc3CCc3cccnc32)CC1. The fourth-order valence-corrected chi connectivity index (χ4v) is 22.6. The molecule has 10 heterocycles. The highest BCUT2D eigenvalue weighted by molar-refractivity contribution is 6.42. The lowest BCUT2D eigenvalue weighted by Gasteiger charge is -2.29. The zero-order chi connectivity index (χ0) is 101. The van der Waals surface area contributed by atoms with Gasteiger partial charge in [0.2, 0.25) is 0 Å². The van der Waals surface area contributed by atoms with Crippen molar-refractivity contribution in [1.82, 2.24) is 49.4 Å². The number of aromatic nitrogens is 5. The molecule has 0 spiro atoms. The van der Waals surface area contributed by atoms with Crippen LogP contribution < -0.4 is 4.74 Å². The number of hydrogen-bond acceptors (Lipinski definition) is 15. The molecule has 0 N–H and O–H groups in total. The third-order valence-corrected chi connectivity index (χ3v) is 30.4. The number of para-hydroxylation sites is 1. The molecule has 26 heteroatoms. The molecule has 0 bridgehead atoms. The van der Waals surface area contributed by atoms with Crippen LogP contribution >= 0.6 is 69.6 Å². The van der Waals surface area contributed by atoms with Crippen LogP contribution in [0, 0.1) is 6.92 Å². The van der Waals surface area contributed by atoms with E-state index in [1.165, 1.54) is 141 Å². The zero-order valence-electron chi connectivity index (χ0n) is 82.1. The minimum atomic E-state index is -0.290. The first-order chi connectivity index (χ1) is 70.7. The van der Waals surface area contributed by atoms with Crippen LogP contribution in [0.3, 0.4) is 0 Å². The van der Waals surface area contributed by atoms with E-state index in [1.54, 1.807) is 31.7 Å². The van der Waals surface area contributed by atoms with Gasteiger partial charge in [-0.15, -0.1) is 0 Å². The molecule has 10 aliphatic rings. The van der Waals surface area contributed by atoms with E-state index in [0.29, 0.717) is 101 Å². The molecule has 5 aliphatic heterocycles. The van der Waals surface area contributed by atoms with Crippen LogP contribution in [0.5, 0.6) is 5.75 Å². The number of carbonyl (C=O) groups is 5. The second-order valence-electron chi connectivity index (χ2n) is 37.6. The van der Waals surface area contributed by atoms with Crippen molar-refractivity contribution in [2.24, 2.45) is 0 Å². The molecule has 5 aliphatic carbocycles. The van der Waals surface area contributed by atoms with Gasteiger partial charge in [0.05, 0.1) is 58.8 Å². The smallest absolute Gasteiger partial charge is 0.415 e. The van der Waals surface area contributed by atoms with Crippen LogP contribution in [-0.4, -0.2) is 166 Å². The molecule has 0 atom stereocenters. The minimum absolute atomic E-state index is 0.214. The second-order valence-corrected chi connectivity index (χ2v) is 40.2. The Labute approximate surface area is 878 Å². The van der Waals surface area contributed by atoms with Crippen LogP contribution in [0.4, 0.5) is 24.0 Å². The summed E-state index contributed by atoms with van der Waals surface area (Å²) < 4.78 is 26.2. The highest BCUT2D eigenvalue weighted by atomic mass is 35.5. The molecule has 12 aromatic rings. The van der Waals surface area contributed by atoms with Crippen LogP contribution in [0.15, 0.2) is 259 Å². The lowest BCUT2D eigenvalue weighted by molar-refractivity contribution is 0.0934. The van der Waals surface area contributed by atoms with E-state index in [2.05, 4.69) is 85.8 Å². The number of aryl methyl sites for hydroxylation is 11. The van der Waals surface area contributed by atoms with Gasteiger partial charge in [0.1, 0.15) is 12.4 Å². The maximum Gasteiger partial charge on any atom is 0.415 e. The Balaban J connectivity index is 0.000000119. The molecular formula is C119H116Cl6N10O10. The maximum atomic E-state index is 12.6. The van der Waals surface area contributed by atoms with Crippen LogP contribution in [0.2, 0.25) is 30.1 Å². The number of ether oxygens (including phenoxy) is 5. The van der Waals surface area contributed by atoms with Crippen molar-refractivity contribution in [1.29, 1.82) is 0 Å². The van der Waals surface area contributed by atoms with E-state index in [9.17, 15) is 24.0 Å². The Kier molecular flexibility index (Phi) is 33.8. The van der Waals surface area contributed by atoms with Crippen molar-refractivity contribution < 1.29 is 47.7 Å². The second kappa shape index (κ2) is 47.9. The summed E-state index contributed by atoms with van der Waals surface area (Å²) in [6, 6.07) is 66.6. The molecule has 5 amide bonds. The predicted molar refractivity (Wildman–Crippen MR) is 575 cm³/mol. The maximum absolute atomic E-state index is 12.6. The Morgan fingerprint density at radius 2 is 0.572 bits per heavy atom. The number of piperidine rings is 5. The number of amides is 5. The predicted octanol–water partition coefficient (Wildman–Crippen LogP) is 27.2. The number of halogens is 6. The standard InChI is InChI=1S/C27H25ClN2O2.C26H23ClN2O2.C23H25ClN2O2.C22H22Cl2N2O2.C21H21ClN2O2/c28-23-10-11-24-22(17-23)9-8-21-7-4-14-29-26(21)25(24)20-12-15-30(16-13-20)27(31)32-18-19-5-2-1-3-6-19;27-21-10-11-23-20(17-21)9-8-19-5-4-14-28-25(19)24(23)18-12-15-29(16-13-18)26(30)31-22-6-2-1-3-7-22;1-3-28-23(27)26-10-8-16(9-11-26)21-20-7-6-19(24)13-17(20)4-5-18-12-15(2)14-25-22(18)21;1-2-28-22(27)26-10-7-14(8-11-26)20-17-13-19(24)18(23)12-16(17)6-5-15-4-3-9-25-21(15)20;1-26-21(25)24-11-8-14(9-12-24)19-18-7-6-17(22)13-16(18)5-4-15-3-2-10-23-20(15)19/h1-7,10-11,14,17H,8-9,12-13,15-16,18H2;1-7,10-11,14,17H,8-9,12-13,15-16H2;6-7,12-14H,3-5,8-11H2,1-2H3;3-4,9,12-13H,2,5-8,10-11H2,1H3;2-3,6-7,10,13H,4-5,8-9,11-12H2,1H3. The van der Waals surface area contributed by atoms with E-state index in [0.717, 1.165) is 194 Å². The van der Waals surface area contributed by atoms with E-state index < -0.39 is 0 Å². The summed E-state index contributed by atoms with van der Waals surface area (Å²) in [5.74, 6) is 0.573. The summed E-state index contributed by atoms with van der Waals surface area (Å²) in [6.45, 7) is 13.5. The summed E-state index contributed by atoms with van der Waals surface area (Å²) in [4.78, 5) is 93.9.